The van der Waals surface area contributed by atoms with Crippen LogP contribution < -0.4 is 20.1 Å². The molecule has 1 aliphatic carbocycles. The molecule has 0 atom stereocenters. The van der Waals surface area contributed by atoms with E-state index in [0.717, 1.165) is 30.6 Å². The molecule has 4 amide bonds. The SMILES string of the molecule is O=C(Nc1ccc2c(c1)OC1(CCCC1)O2)c1ccccc1CN1C(=O)CNC1=O. The first-order chi connectivity index (χ1) is 14.5. The first-order valence-electron chi connectivity index (χ1n) is 10.0. The molecular weight excluding hydrogens is 386 g/mol. The van der Waals surface area contributed by atoms with E-state index < -0.39 is 11.8 Å². The van der Waals surface area contributed by atoms with Gasteiger partial charge in [-0.15, -0.1) is 0 Å². The Bertz CT molecular complexity index is 1030. The molecule has 2 heterocycles. The predicted octanol–water partition coefficient (Wildman–Crippen LogP) is 3.03. The molecule has 3 aliphatic rings. The lowest BCUT2D eigenvalue weighted by atomic mass is 10.1. The van der Waals surface area contributed by atoms with Gasteiger partial charge in [0.25, 0.3) is 11.7 Å². The summed E-state index contributed by atoms with van der Waals surface area (Å²) in [6.07, 6.45) is 3.87. The van der Waals surface area contributed by atoms with E-state index in [1.54, 1.807) is 42.5 Å². The predicted molar refractivity (Wildman–Crippen MR) is 107 cm³/mol. The molecule has 8 heteroatoms. The van der Waals surface area contributed by atoms with Crippen molar-refractivity contribution in [2.24, 2.45) is 0 Å². The molecule has 8 nitrogen and oxygen atoms in total. The molecule has 5 rings (SSSR count). The summed E-state index contributed by atoms with van der Waals surface area (Å²) in [6, 6.07) is 11.8. The number of imide groups is 1. The van der Waals surface area contributed by atoms with Gasteiger partial charge in [-0.3, -0.25) is 14.5 Å². The van der Waals surface area contributed by atoms with E-state index in [2.05, 4.69) is 10.6 Å². The lowest BCUT2D eigenvalue weighted by Gasteiger charge is -2.21. The van der Waals surface area contributed by atoms with Crippen LogP contribution in [0, 0.1) is 0 Å². The Morgan fingerprint density at radius 2 is 1.83 bits per heavy atom. The number of carbonyl (C=O) groups excluding carboxylic acids is 3. The summed E-state index contributed by atoms with van der Waals surface area (Å²) in [5.74, 6) is 0.121. The van der Waals surface area contributed by atoms with Crippen LogP contribution in [0.4, 0.5) is 10.5 Å². The molecule has 1 saturated carbocycles. The number of ether oxygens (including phenoxy) is 2. The van der Waals surface area contributed by atoms with Crippen molar-refractivity contribution in [1.82, 2.24) is 10.2 Å². The number of anilines is 1. The van der Waals surface area contributed by atoms with Crippen molar-refractivity contribution < 1.29 is 23.9 Å². The molecule has 2 fully saturated rings. The van der Waals surface area contributed by atoms with Gasteiger partial charge in [-0.2, -0.15) is 0 Å². The highest BCUT2D eigenvalue weighted by molar-refractivity contribution is 6.06. The Morgan fingerprint density at radius 3 is 2.60 bits per heavy atom. The van der Waals surface area contributed by atoms with Crippen molar-refractivity contribution in [2.75, 3.05) is 11.9 Å². The highest BCUT2D eigenvalue weighted by atomic mass is 16.7. The van der Waals surface area contributed by atoms with Gasteiger partial charge >= 0.3 is 6.03 Å². The zero-order valence-corrected chi connectivity index (χ0v) is 16.3. The second kappa shape index (κ2) is 7.05. The maximum absolute atomic E-state index is 12.9. The van der Waals surface area contributed by atoms with Gasteiger partial charge in [0.2, 0.25) is 5.91 Å². The molecule has 2 aromatic carbocycles. The van der Waals surface area contributed by atoms with E-state index in [1.165, 1.54) is 0 Å². The minimum absolute atomic E-state index is 0.0219. The number of benzene rings is 2. The van der Waals surface area contributed by atoms with Gasteiger partial charge in [-0.1, -0.05) is 18.2 Å². The van der Waals surface area contributed by atoms with Crippen molar-refractivity contribution in [3.63, 3.8) is 0 Å². The van der Waals surface area contributed by atoms with Crippen molar-refractivity contribution in [2.45, 2.75) is 38.0 Å². The van der Waals surface area contributed by atoms with Crippen LogP contribution in [0.15, 0.2) is 42.5 Å². The van der Waals surface area contributed by atoms with Gasteiger partial charge in [-0.25, -0.2) is 4.79 Å². The molecule has 2 aromatic rings. The third-order valence-electron chi connectivity index (χ3n) is 5.69. The summed E-state index contributed by atoms with van der Waals surface area (Å²) in [4.78, 5) is 37.8. The molecule has 2 N–H and O–H groups in total. The van der Waals surface area contributed by atoms with Gasteiger partial charge in [0.05, 0.1) is 13.1 Å². The molecule has 30 heavy (non-hydrogen) atoms. The molecule has 1 spiro atoms. The Labute approximate surface area is 173 Å². The fourth-order valence-corrected chi connectivity index (χ4v) is 4.15. The van der Waals surface area contributed by atoms with Crippen LogP contribution >= 0.6 is 0 Å². The quantitative estimate of drug-likeness (QED) is 0.760. The molecule has 2 aliphatic heterocycles. The maximum atomic E-state index is 12.9. The number of carbonyl (C=O) groups is 3. The minimum Gasteiger partial charge on any atom is -0.448 e. The second-order valence-electron chi connectivity index (χ2n) is 7.73. The van der Waals surface area contributed by atoms with Crippen molar-refractivity contribution in [3.8, 4) is 11.5 Å². The van der Waals surface area contributed by atoms with Crippen LogP contribution in [0.3, 0.4) is 0 Å². The average Bonchev–Trinajstić information content (AvgIpc) is 3.43. The van der Waals surface area contributed by atoms with E-state index >= 15 is 0 Å². The number of urea groups is 1. The van der Waals surface area contributed by atoms with E-state index in [4.69, 9.17) is 9.47 Å². The van der Waals surface area contributed by atoms with E-state index in [9.17, 15) is 14.4 Å². The zero-order chi connectivity index (χ0) is 20.7. The van der Waals surface area contributed by atoms with E-state index in [-0.39, 0.29) is 24.9 Å². The van der Waals surface area contributed by atoms with E-state index in [1.807, 2.05) is 0 Å². The number of nitrogens with zero attached hydrogens (tertiary/aromatic N) is 1. The van der Waals surface area contributed by atoms with Crippen LogP contribution in [0.2, 0.25) is 0 Å². The number of hydrogen-bond acceptors (Lipinski definition) is 5. The highest BCUT2D eigenvalue weighted by Gasteiger charge is 2.44. The molecule has 1 saturated heterocycles. The largest absolute Gasteiger partial charge is 0.448 e. The van der Waals surface area contributed by atoms with Crippen LogP contribution in [-0.2, 0) is 11.3 Å². The fourth-order valence-electron chi connectivity index (χ4n) is 4.15. The van der Waals surface area contributed by atoms with Crippen LogP contribution in [0.5, 0.6) is 11.5 Å². The first kappa shape index (κ1) is 18.5. The number of fused-ring (bicyclic) bond motifs is 1. The van der Waals surface area contributed by atoms with Gasteiger partial charge in [-0.05, 0) is 36.6 Å². The van der Waals surface area contributed by atoms with Crippen LogP contribution in [0.25, 0.3) is 0 Å². The normalized spacial score (nSPS) is 18.7. The molecule has 0 bridgehead atoms. The van der Waals surface area contributed by atoms with Gasteiger partial charge in [0.1, 0.15) is 0 Å². The molecular formula is C22H21N3O5. The van der Waals surface area contributed by atoms with Crippen LogP contribution in [0.1, 0.15) is 41.6 Å². The van der Waals surface area contributed by atoms with Crippen LogP contribution in [-0.4, -0.2) is 35.1 Å². The monoisotopic (exact) mass is 407 g/mol. The standard InChI is InChI=1S/C22H21N3O5/c26-19-12-23-21(28)25(19)13-14-5-1-2-6-16(14)20(27)24-15-7-8-17-18(11-15)30-22(29-17)9-3-4-10-22/h1-2,5-8,11H,3-4,9-10,12-13H2,(H,23,28)(H,24,27). The third-order valence-corrected chi connectivity index (χ3v) is 5.69. The molecule has 0 aromatic heterocycles. The second-order valence-corrected chi connectivity index (χ2v) is 7.73. The van der Waals surface area contributed by atoms with Crippen molar-refractivity contribution >= 4 is 23.5 Å². The number of hydrogen-bond donors (Lipinski definition) is 2. The summed E-state index contributed by atoms with van der Waals surface area (Å²) < 4.78 is 12.1. The highest BCUT2D eigenvalue weighted by Crippen LogP contribution is 2.47. The summed E-state index contributed by atoms with van der Waals surface area (Å²) in [5.41, 5.74) is 1.57. The molecule has 0 radical (unpaired) electrons. The fraction of sp³-hybridized carbons (Fsp3) is 0.318. The lowest BCUT2D eigenvalue weighted by molar-refractivity contribution is -0.125. The molecule has 154 valence electrons. The lowest BCUT2D eigenvalue weighted by Crippen LogP contribution is -2.34. The topological polar surface area (TPSA) is 97.0 Å². The third kappa shape index (κ3) is 3.24. The maximum Gasteiger partial charge on any atom is 0.324 e. The van der Waals surface area contributed by atoms with Gasteiger partial charge in [0.15, 0.2) is 11.5 Å². The smallest absolute Gasteiger partial charge is 0.324 e. The summed E-state index contributed by atoms with van der Waals surface area (Å²) in [7, 11) is 0. The Morgan fingerprint density at radius 1 is 1.07 bits per heavy atom. The Kier molecular flexibility index (Phi) is 4.34. The van der Waals surface area contributed by atoms with E-state index in [0.29, 0.717) is 28.3 Å². The zero-order valence-electron chi connectivity index (χ0n) is 16.3. The first-order valence-corrected chi connectivity index (χ1v) is 10.0. The number of amides is 4. The summed E-state index contributed by atoms with van der Waals surface area (Å²) in [5, 5.41) is 5.36. The number of nitrogens with one attached hydrogen (secondary N) is 2. The summed E-state index contributed by atoms with van der Waals surface area (Å²) >= 11 is 0. The Balaban J connectivity index is 1.33. The minimum atomic E-state index is -0.555. The number of rotatable bonds is 4. The molecule has 0 unspecified atom stereocenters. The average molecular weight is 407 g/mol. The van der Waals surface area contributed by atoms with Crippen molar-refractivity contribution in [1.29, 1.82) is 0 Å². The van der Waals surface area contributed by atoms with Gasteiger partial charge < -0.3 is 20.1 Å². The van der Waals surface area contributed by atoms with Crippen molar-refractivity contribution in [3.05, 3.63) is 53.6 Å². The Hall–Kier alpha value is -3.55. The van der Waals surface area contributed by atoms with Gasteiger partial charge in [0, 0.05) is 30.2 Å². The summed E-state index contributed by atoms with van der Waals surface area (Å²) in [6.45, 7) is 0.0177.